The van der Waals surface area contributed by atoms with Crippen molar-refractivity contribution in [3.8, 4) is 11.5 Å². The van der Waals surface area contributed by atoms with Crippen molar-refractivity contribution in [2.45, 2.75) is 26.0 Å². The third-order valence-corrected chi connectivity index (χ3v) is 4.80. The molecule has 1 heterocycles. The van der Waals surface area contributed by atoms with Crippen molar-refractivity contribution in [1.29, 1.82) is 0 Å². The molecule has 1 aromatic heterocycles. The second kappa shape index (κ2) is 8.22. The molecule has 1 amide bonds. The number of nitro benzene ring substituents is 1. The van der Waals surface area contributed by atoms with Crippen LogP contribution in [0.5, 0.6) is 0 Å². The molecule has 0 fully saturated rings. The lowest BCUT2D eigenvalue weighted by molar-refractivity contribution is -0.385. The molecule has 8 nitrogen and oxygen atoms in total. The summed E-state index contributed by atoms with van der Waals surface area (Å²) >= 11 is 1.10. The van der Waals surface area contributed by atoms with E-state index in [1.54, 1.807) is 13.0 Å². The van der Waals surface area contributed by atoms with Gasteiger partial charge in [0.05, 0.1) is 21.9 Å². The van der Waals surface area contributed by atoms with E-state index in [1.807, 2.05) is 26.0 Å². The number of thioether (sulfide) groups is 1. The summed E-state index contributed by atoms with van der Waals surface area (Å²) in [6.45, 7) is 5.57. The summed E-state index contributed by atoms with van der Waals surface area (Å²) in [6.07, 6.45) is 0. The Balaban J connectivity index is 1.64. The first-order valence-corrected chi connectivity index (χ1v) is 9.41. The summed E-state index contributed by atoms with van der Waals surface area (Å²) in [5.74, 6) is 0.111. The van der Waals surface area contributed by atoms with E-state index in [-0.39, 0.29) is 22.6 Å². The van der Waals surface area contributed by atoms with Crippen LogP contribution in [0.15, 0.2) is 46.0 Å². The summed E-state index contributed by atoms with van der Waals surface area (Å²) in [5.41, 5.74) is 3.78. The number of anilines is 1. The number of carbonyl (C=O) groups is 1. The number of hydrogen-bond acceptors (Lipinski definition) is 7. The summed E-state index contributed by atoms with van der Waals surface area (Å²) in [5, 5.41) is 21.9. The van der Waals surface area contributed by atoms with Gasteiger partial charge in [0, 0.05) is 11.6 Å². The van der Waals surface area contributed by atoms with Gasteiger partial charge in [0.15, 0.2) is 0 Å². The van der Waals surface area contributed by atoms with Crippen LogP contribution in [-0.2, 0) is 4.79 Å². The van der Waals surface area contributed by atoms with E-state index in [0.717, 1.165) is 28.5 Å². The second-order valence-electron chi connectivity index (χ2n) is 6.29. The molecule has 0 saturated heterocycles. The van der Waals surface area contributed by atoms with Gasteiger partial charge in [0.1, 0.15) is 0 Å². The lowest BCUT2D eigenvalue weighted by atomic mass is 10.1. The molecule has 0 spiro atoms. The van der Waals surface area contributed by atoms with Gasteiger partial charge >= 0.3 is 0 Å². The van der Waals surface area contributed by atoms with Gasteiger partial charge < -0.3 is 9.73 Å². The van der Waals surface area contributed by atoms with Crippen LogP contribution in [-0.4, -0.2) is 26.8 Å². The van der Waals surface area contributed by atoms with Crippen molar-refractivity contribution < 1.29 is 14.1 Å². The Morgan fingerprint density at radius 2 is 1.89 bits per heavy atom. The van der Waals surface area contributed by atoms with Crippen LogP contribution in [0.25, 0.3) is 11.5 Å². The lowest BCUT2D eigenvalue weighted by Gasteiger charge is -2.07. The third-order valence-electron chi connectivity index (χ3n) is 3.98. The average molecular weight is 398 g/mol. The standard InChI is InChI=1S/C19H18N4O4S/c1-11-7-12(2)9-14(8-11)18-21-22-19(27-18)28-10-17(24)20-15-5-4-6-16(13(15)3)23(25)26/h4-9H,10H2,1-3H3,(H,20,24). The third kappa shape index (κ3) is 4.55. The lowest BCUT2D eigenvalue weighted by Crippen LogP contribution is -2.15. The van der Waals surface area contributed by atoms with Gasteiger partial charge in [-0.1, -0.05) is 35.0 Å². The van der Waals surface area contributed by atoms with Gasteiger partial charge in [-0.05, 0) is 39.0 Å². The van der Waals surface area contributed by atoms with Crippen LogP contribution in [0.2, 0.25) is 0 Å². The molecule has 3 aromatic rings. The van der Waals surface area contributed by atoms with E-state index < -0.39 is 4.92 Å². The fourth-order valence-corrected chi connectivity index (χ4v) is 3.32. The van der Waals surface area contributed by atoms with Crippen LogP contribution in [0.3, 0.4) is 0 Å². The summed E-state index contributed by atoms with van der Waals surface area (Å²) < 4.78 is 5.63. The van der Waals surface area contributed by atoms with Gasteiger partial charge in [-0.15, -0.1) is 10.2 Å². The Bertz CT molecular complexity index is 1030. The number of hydrogen-bond donors (Lipinski definition) is 1. The molecule has 2 aromatic carbocycles. The molecule has 0 radical (unpaired) electrons. The first-order chi connectivity index (χ1) is 13.3. The Morgan fingerprint density at radius 3 is 2.57 bits per heavy atom. The fraction of sp³-hybridized carbons (Fsp3) is 0.211. The Kier molecular flexibility index (Phi) is 5.74. The summed E-state index contributed by atoms with van der Waals surface area (Å²) in [4.78, 5) is 22.7. The number of aryl methyl sites for hydroxylation is 2. The SMILES string of the molecule is Cc1cc(C)cc(-c2nnc(SCC(=O)Nc3cccc([N+](=O)[O-])c3C)o2)c1. The van der Waals surface area contributed by atoms with Gasteiger partial charge in [-0.3, -0.25) is 14.9 Å². The van der Waals surface area contributed by atoms with Crippen molar-refractivity contribution in [2.75, 3.05) is 11.1 Å². The molecule has 0 unspecified atom stereocenters. The van der Waals surface area contributed by atoms with Crippen LogP contribution in [0, 0.1) is 30.9 Å². The van der Waals surface area contributed by atoms with Crippen molar-refractivity contribution >= 4 is 29.0 Å². The maximum atomic E-state index is 12.2. The second-order valence-corrected chi connectivity index (χ2v) is 7.22. The summed E-state index contributed by atoms with van der Waals surface area (Å²) in [6, 6.07) is 10.5. The number of nitrogens with zero attached hydrogens (tertiary/aromatic N) is 3. The minimum Gasteiger partial charge on any atom is -0.411 e. The van der Waals surface area contributed by atoms with E-state index >= 15 is 0 Å². The molecule has 0 aliphatic carbocycles. The largest absolute Gasteiger partial charge is 0.411 e. The molecular formula is C19H18N4O4S. The Morgan fingerprint density at radius 1 is 1.18 bits per heavy atom. The highest BCUT2D eigenvalue weighted by molar-refractivity contribution is 7.99. The number of nitro groups is 1. The molecule has 0 aliphatic rings. The van der Waals surface area contributed by atoms with E-state index in [4.69, 9.17) is 4.42 Å². The molecule has 144 valence electrons. The number of aromatic nitrogens is 2. The zero-order valence-electron chi connectivity index (χ0n) is 15.6. The minimum absolute atomic E-state index is 0.0383. The normalized spacial score (nSPS) is 10.7. The van der Waals surface area contributed by atoms with Crippen LogP contribution < -0.4 is 5.32 Å². The smallest absolute Gasteiger partial charge is 0.277 e. The average Bonchev–Trinajstić information content (AvgIpc) is 3.10. The van der Waals surface area contributed by atoms with Gasteiger partial charge in [0.2, 0.25) is 11.8 Å². The van der Waals surface area contributed by atoms with E-state index in [0.29, 0.717) is 17.1 Å². The number of nitrogens with one attached hydrogen (secondary N) is 1. The number of rotatable bonds is 6. The van der Waals surface area contributed by atoms with Crippen molar-refractivity contribution in [3.63, 3.8) is 0 Å². The zero-order chi connectivity index (χ0) is 20.3. The molecule has 0 aliphatic heterocycles. The maximum Gasteiger partial charge on any atom is 0.277 e. The molecular weight excluding hydrogens is 380 g/mol. The minimum atomic E-state index is -0.479. The number of benzene rings is 2. The predicted molar refractivity (Wildman–Crippen MR) is 106 cm³/mol. The predicted octanol–water partition coefficient (Wildman–Crippen LogP) is 4.30. The van der Waals surface area contributed by atoms with E-state index in [9.17, 15) is 14.9 Å². The van der Waals surface area contributed by atoms with Crippen LogP contribution >= 0.6 is 11.8 Å². The first kappa shape index (κ1) is 19.6. The highest BCUT2D eigenvalue weighted by Gasteiger charge is 2.16. The molecule has 9 heteroatoms. The van der Waals surface area contributed by atoms with E-state index in [2.05, 4.69) is 21.6 Å². The quantitative estimate of drug-likeness (QED) is 0.374. The molecule has 28 heavy (non-hydrogen) atoms. The van der Waals surface area contributed by atoms with Gasteiger partial charge in [-0.2, -0.15) is 0 Å². The van der Waals surface area contributed by atoms with Crippen molar-refractivity contribution in [2.24, 2.45) is 0 Å². The van der Waals surface area contributed by atoms with Crippen LogP contribution in [0.4, 0.5) is 11.4 Å². The maximum absolute atomic E-state index is 12.2. The monoisotopic (exact) mass is 398 g/mol. The molecule has 0 atom stereocenters. The van der Waals surface area contributed by atoms with E-state index in [1.165, 1.54) is 12.1 Å². The number of carbonyl (C=O) groups excluding carboxylic acids is 1. The molecule has 3 rings (SSSR count). The highest BCUT2D eigenvalue weighted by atomic mass is 32.2. The first-order valence-electron chi connectivity index (χ1n) is 8.42. The van der Waals surface area contributed by atoms with Gasteiger partial charge in [-0.25, -0.2) is 0 Å². The highest BCUT2D eigenvalue weighted by Crippen LogP contribution is 2.27. The zero-order valence-corrected chi connectivity index (χ0v) is 16.4. The van der Waals surface area contributed by atoms with Gasteiger partial charge in [0.25, 0.3) is 10.9 Å². The Hall–Kier alpha value is -3.20. The Labute approximate surface area is 165 Å². The van der Waals surface area contributed by atoms with Crippen molar-refractivity contribution in [3.05, 3.63) is 63.2 Å². The van der Waals surface area contributed by atoms with Crippen LogP contribution in [0.1, 0.15) is 16.7 Å². The summed E-state index contributed by atoms with van der Waals surface area (Å²) in [7, 11) is 0. The number of amides is 1. The molecule has 0 saturated carbocycles. The molecule has 1 N–H and O–H groups in total. The molecule has 0 bridgehead atoms. The fourth-order valence-electron chi connectivity index (χ4n) is 2.75. The van der Waals surface area contributed by atoms with Crippen molar-refractivity contribution in [1.82, 2.24) is 10.2 Å². The topological polar surface area (TPSA) is 111 Å².